The second kappa shape index (κ2) is 3.81. The molecule has 0 aliphatic heterocycles. The number of aromatic nitrogens is 2. The molecule has 4 nitrogen and oxygen atoms in total. The Morgan fingerprint density at radius 3 is 2.62 bits per heavy atom. The molecule has 0 atom stereocenters. The van der Waals surface area contributed by atoms with Crippen LogP contribution in [-0.2, 0) is 0 Å². The monoisotopic (exact) mass is 216 g/mol. The van der Waals surface area contributed by atoms with Gasteiger partial charge in [0.15, 0.2) is 0 Å². The van der Waals surface area contributed by atoms with E-state index in [9.17, 15) is 9.90 Å². The zero-order valence-corrected chi connectivity index (χ0v) is 9.14. The highest BCUT2D eigenvalue weighted by molar-refractivity contribution is 5.96. The fraction of sp³-hybridized carbons (Fsp3) is 0.167. The summed E-state index contributed by atoms with van der Waals surface area (Å²) in [5.74, 6) is -0.158. The predicted molar refractivity (Wildman–Crippen MR) is 59.5 cm³/mol. The van der Waals surface area contributed by atoms with Gasteiger partial charge in [-0.05, 0) is 38.1 Å². The fourth-order valence-electron chi connectivity index (χ4n) is 1.60. The van der Waals surface area contributed by atoms with Crippen molar-refractivity contribution in [1.82, 2.24) is 9.78 Å². The Hall–Kier alpha value is -2.10. The van der Waals surface area contributed by atoms with E-state index < -0.39 is 0 Å². The van der Waals surface area contributed by atoms with Gasteiger partial charge in [0.1, 0.15) is 5.75 Å². The molecule has 82 valence electrons. The first-order chi connectivity index (χ1) is 7.58. The van der Waals surface area contributed by atoms with Gasteiger partial charge in [0.2, 0.25) is 0 Å². The van der Waals surface area contributed by atoms with Crippen LogP contribution in [0.25, 0.3) is 0 Å². The van der Waals surface area contributed by atoms with Gasteiger partial charge in [-0.3, -0.25) is 4.79 Å². The lowest BCUT2D eigenvalue weighted by molar-refractivity contribution is 0.0942. The normalized spacial score (nSPS) is 10.4. The molecule has 0 unspecified atom stereocenters. The zero-order valence-electron chi connectivity index (χ0n) is 9.14. The quantitative estimate of drug-likeness (QED) is 0.792. The summed E-state index contributed by atoms with van der Waals surface area (Å²) in [4.78, 5) is 12.0. The van der Waals surface area contributed by atoms with Crippen LogP contribution < -0.4 is 0 Å². The molecule has 16 heavy (non-hydrogen) atoms. The van der Waals surface area contributed by atoms with Gasteiger partial charge >= 0.3 is 0 Å². The number of hydrogen-bond acceptors (Lipinski definition) is 3. The first-order valence-corrected chi connectivity index (χ1v) is 4.95. The molecule has 1 aromatic heterocycles. The van der Waals surface area contributed by atoms with Crippen molar-refractivity contribution in [2.45, 2.75) is 13.8 Å². The molecule has 1 aromatic carbocycles. The number of rotatable bonds is 1. The van der Waals surface area contributed by atoms with E-state index in [1.165, 1.54) is 16.8 Å². The second-order valence-corrected chi connectivity index (χ2v) is 3.69. The van der Waals surface area contributed by atoms with Crippen LogP contribution in [0.5, 0.6) is 5.75 Å². The summed E-state index contributed by atoms with van der Waals surface area (Å²) < 4.78 is 1.34. The van der Waals surface area contributed by atoms with Crippen LogP contribution in [0, 0.1) is 13.8 Å². The largest absolute Gasteiger partial charge is 0.508 e. The van der Waals surface area contributed by atoms with Crippen molar-refractivity contribution < 1.29 is 9.90 Å². The molecule has 0 aliphatic carbocycles. The Labute approximate surface area is 93.1 Å². The highest BCUT2D eigenvalue weighted by atomic mass is 16.3. The highest BCUT2D eigenvalue weighted by Crippen LogP contribution is 2.13. The molecule has 0 saturated carbocycles. The molecule has 1 heterocycles. The first kappa shape index (κ1) is 10.4. The highest BCUT2D eigenvalue weighted by Gasteiger charge is 2.12. The molecule has 1 N–H and O–H groups in total. The summed E-state index contributed by atoms with van der Waals surface area (Å²) in [6, 6.07) is 8.07. The molecule has 4 heteroatoms. The summed E-state index contributed by atoms with van der Waals surface area (Å²) >= 11 is 0. The minimum absolute atomic E-state index is 0.0763. The summed E-state index contributed by atoms with van der Waals surface area (Å²) in [6.07, 6.45) is 0. The smallest absolute Gasteiger partial charge is 0.278 e. The van der Waals surface area contributed by atoms with E-state index in [0.717, 1.165) is 11.4 Å². The molecule has 0 fully saturated rings. The average molecular weight is 216 g/mol. The van der Waals surface area contributed by atoms with Crippen molar-refractivity contribution >= 4 is 5.91 Å². The number of aryl methyl sites for hydroxylation is 2. The summed E-state index contributed by atoms with van der Waals surface area (Å²) in [5, 5.41) is 13.4. The van der Waals surface area contributed by atoms with Crippen LogP contribution in [0.2, 0.25) is 0 Å². The van der Waals surface area contributed by atoms with Crippen molar-refractivity contribution in [2.75, 3.05) is 0 Å². The van der Waals surface area contributed by atoms with Crippen molar-refractivity contribution in [3.05, 3.63) is 47.3 Å². The summed E-state index contributed by atoms with van der Waals surface area (Å²) in [5.41, 5.74) is 2.00. The average Bonchev–Trinajstić information content (AvgIpc) is 2.57. The molecule has 0 saturated heterocycles. The van der Waals surface area contributed by atoms with E-state index in [2.05, 4.69) is 5.10 Å². The predicted octanol–water partition coefficient (Wildman–Crippen LogP) is 1.89. The van der Waals surface area contributed by atoms with Crippen LogP contribution in [0.3, 0.4) is 0 Å². The third kappa shape index (κ3) is 1.82. The third-order valence-corrected chi connectivity index (χ3v) is 2.30. The number of hydrogen-bond donors (Lipinski definition) is 1. The van der Waals surface area contributed by atoms with E-state index >= 15 is 0 Å². The standard InChI is InChI=1S/C12H12N2O2/c1-8-6-9(2)14(13-8)12(16)10-4-3-5-11(15)7-10/h3-7,15H,1-2H3. The Morgan fingerprint density at radius 1 is 1.31 bits per heavy atom. The molecular formula is C12H12N2O2. The van der Waals surface area contributed by atoms with Gasteiger partial charge < -0.3 is 5.11 Å². The molecule has 0 bridgehead atoms. The number of phenolic OH excluding ortho intramolecular Hbond substituents is 1. The Bertz CT molecular complexity index is 544. The number of nitrogens with zero attached hydrogens (tertiary/aromatic N) is 2. The van der Waals surface area contributed by atoms with Gasteiger partial charge in [-0.25, -0.2) is 4.68 Å². The van der Waals surface area contributed by atoms with Crippen molar-refractivity contribution in [3.8, 4) is 5.75 Å². The lowest BCUT2D eigenvalue weighted by Crippen LogP contribution is -2.15. The van der Waals surface area contributed by atoms with Crippen molar-refractivity contribution in [1.29, 1.82) is 0 Å². The van der Waals surface area contributed by atoms with Gasteiger partial charge in [-0.1, -0.05) is 6.07 Å². The number of benzene rings is 1. The molecular weight excluding hydrogens is 204 g/mol. The van der Waals surface area contributed by atoms with Crippen molar-refractivity contribution in [2.24, 2.45) is 0 Å². The number of aromatic hydroxyl groups is 1. The minimum atomic E-state index is -0.235. The molecule has 0 spiro atoms. The molecule has 0 amide bonds. The van der Waals surface area contributed by atoms with Gasteiger partial charge in [-0.15, -0.1) is 0 Å². The fourth-order valence-corrected chi connectivity index (χ4v) is 1.60. The lowest BCUT2D eigenvalue weighted by Gasteiger charge is -2.03. The van der Waals surface area contributed by atoms with E-state index in [1.54, 1.807) is 12.1 Å². The second-order valence-electron chi connectivity index (χ2n) is 3.69. The first-order valence-electron chi connectivity index (χ1n) is 4.95. The molecule has 2 rings (SSSR count). The number of carbonyl (C=O) groups is 1. The Kier molecular flexibility index (Phi) is 2.48. The van der Waals surface area contributed by atoms with E-state index in [1.807, 2.05) is 19.9 Å². The molecule has 2 aromatic rings. The van der Waals surface area contributed by atoms with Crippen LogP contribution in [0.4, 0.5) is 0 Å². The van der Waals surface area contributed by atoms with Crippen LogP contribution in [0.1, 0.15) is 21.7 Å². The van der Waals surface area contributed by atoms with E-state index in [4.69, 9.17) is 0 Å². The summed E-state index contributed by atoms with van der Waals surface area (Å²) in [7, 11) is 0. The Morgan fingerprint density at radius 2 is 2.06 bits per heavy atom. The van der Waals surface area contributed by atoms with Gasteiger partial charge in [0.25, 0.3) is 5.91 Å². The van der Waals surface area contributed by atoms with Gasteiger partial charge in [-0.2, -0.15) is 5.10 Å². The lowest BCUT2D eigenvalue weighted by atomic mass is 10.2. The Balaban J connectivity index is 2.43. The molecule has 0 radical (unpaired) electrons. The molecule has 0 aliphatic rings. The van der Waals surface area contributed by atoms with Gasteiger partial charge in [0, 0.05) is 11.3 Å². The van der Waals surface area contributed by atoms with E-state index in [0.29, 0.717) is 5.56 Å². The van der Waals surface area contributed by atoms with Crippen LogP contribution in [0.15, 0.2) is 30.3 Å². The van der Waals surface area contributed by atoms with Gasteiger partial charge in [0.05, 0.1) is 5.69 Å². The third-order valence-electron chi connectivity index (χ3n) is 2.30. The zero-order chi connectivity index (χ0) is 11.7. The SMILES string of the molecule is Cc1cc(C)n(C(=O)c2cccc(O)c2)n1. The topological polar surface area (TPSA) is 55.1 Å². The minimum Gasteiger partial charge on any atom is -0.508 e. The van der Waals surface area contributed by atoms with Crippen molar-refractivity contribution in [3.63, 3.8) is 0 Å². The van der Waals surface area contributed by atoms with Crippen LogP contribution >= 0.6 is 0 Å². The number of carbonyl (C=O) groups excluding carboxylic acids is 1. The maximum atomic E-state index is 12.0. The number of phenols is 1. The van der Waals surface area contributed by atoms with E-state index in [-0.39, 0.29) is 11.7 Å². The maximum absolute atomic E-state index is 12.0. The maximum Gasteiger partial charge on any atom is 0.278 e. The summed E-state index contributed by atoms with van der Waals surface area (Å²) in [6.45, 7) is 3.65. The van der Waals surface area contributed by atoms with Crippen LogP contribution in [-0.4, -0.2) is 20.8 Å².